The zero-order valence-corrected chi connectivity index (χ0v) is 14.2. The Kier molecular flexibility index (Phi) is 4.72. The first-order chi connectivity index (χ1) is 11.8. The number of hydrogen-bond donors (Lipinski definition) is 1. The van der Waals surface area contributed by atoms with Crippen molar-refractivity contribution in [3.63, 3.8) is 0 Å². The van der Waals surface area contributed by atoms with Crippen LogP contribution in [0.2, 0.25) is 0 Å². The molecule has 1 N–H and O–H groups in total. The van der Waals surface area contributed by atoms with E-state index in [0.29, 0.717) is 25.7 Å². The van der Waals surface area contributed by atoms with Gasteiger partial charge in [0.15, 0.2) is 0 Å². The molecule has 0 aromatic heterocycles. The lowest BCUT2D eigenvalue weighted by Crippen LogP contribution is -2.50. The normalized spacial score (nSPS) is 28.1. The number of urea groups is 1. The van der Waals surface area contributed by atoms with Gasteiger partial charge in [-0.15, -0.1) is 0 Å². The third kappa shape index (κ3) is 3.90. The van der Waals surface area contributed by atoms with Gasteiger partial charge in [0.1, 0.15) is 6.10 Å². The van der Waals surface area contributed by atoms with Gasteiger partial charge in [0, 0.05) is 32.2 Å². The minimum absolute atomic E-state index is 0.0133. The number of benzene rings is 1. The molecule has 4 rings (SSSR count). The molecule has 2 heterocycles. The van der Waals surface area contributed by atoms with Gasteiger partial charge in [0.2, 0.25) is 0 Å². The van der Waals surface area contributed by atoms with Gasteiger partial charge in [0.25, 0.3) is 0 Å². The fourth-order valence-corrected chi connectivity index (χ4v) is 3.75. The van der Waals surface area contributed by atoms with E-state index in [-0.39, 0.29) is 12.1 Å². The summed E-state index contributed by atoms with van der Waals surface area (Å²) in [6.07, 6.45) is 3.84. The van der Waals surface area contributed by atoms with Crippen LogP contribution in [0.25, 0.3) is 0 Å². The predicted molar refractivity (Wildman–Crippen MR) is 92.8 cm³/mol. The number of rotatable bonds is 4. The van der Waals surface area contributed by atoms with Gasteiger partial charge < -0.3 is 19.9 Å². The minimum Gasteiger partial charge on any atom is -0.370 e. The highest BCUT2D eigenvalue weighted by molar-refractivity contribution is 5.74. The lowest BCUT2D eigenvalue weighted by Gasteiger charge is -2.34. The Balaban J connectivity index is 1.28. The van der Waals surface area contributed by atoms with Crippen molar-refractivity contribution in [3.8, 4) is 0 Å². The third-order valence-corrected chi connectivity index (χ3v) is 5.34. The second-order valence-electron chi connectivity index (χ2n) is 7.35. The summed E-state index contributed by atoms with van der Waals surface area (Å²) >= 11 is 0. The first-order valence-electron chi connectivity index (χ1n) is 9.22. The molecule has 24 heavy (non-hydrogen) atoms. The highest BCUT2D eigenvalue weighted by Gasteiger charge is 2.31. The Morgan fingerprint density at radius 3 is 2.75 bits per heavy atom. The van der Waals surface area contributed by atoms with Crippen molar-refractivity contribution in [2.24, 2.45) is 5.92 Å². The van der Waals surface area contributed by atoms with E-state index >= 15 is 0 Å². The van der Waals surface area contributed by atoms with Crippen molar-refractivity contribution >= 4 is 6.03 Å². The predicted octanol–water partition coefficient (Wildman–Crippen LogP) is 2.25. The number of hydrogen-bond acceptors (Lipinski definition) is 3. The molecule has 2 saturated heterocycles. The standard InChI is InChI=1S/C19H27N3O2/c23-19(20-17-8-9-21(13-17)12-15-6-7-15)22-10-11-24-18(14-22)16-4-2-1-3-5-16/h1-5,15,17-18H,6-14H2,(H,20,23)/t17-,18+/m1/s1. The number of morpholine rings is 1. The van der Waals surface area contributed by atoms with Crippen LogP contribution >= 0.6 is 0 Å². The van der Waals surface area contributed by atoms with Gasteiger partial charge in [0.05, 0.1) is 13.2 Å². The third-order valence-electron chi connectivity index (χ3n) is 5.34. The lowest BCUT2D eigenvalue weighted by atomic mass is 10.1. The number of likely N-dealkylation sites (tertiary alicyclic amines) is 1. The van der Waals surface area contributed by atoms with Gasteiger partial charge in [-0.05, 0) is 30.7 Å². The molecule has 2 atom stereocenters. The molecule has 1 aromatic rings. The molecule has 1 aromatic carbocycles. The summed E-state index contributed by atoms with van der Waals surface area (Å²) in [5, 5.41) is 3.23. The minimum atomic E-state index is -0.0133. The second-order valence-corrected chi connectivity index (χ2v) is 7.35. The van der Waals surface area contributed by atoms with Gasteiger partial charge in [-0.3, -0.25) is 0 Å². The van der Waals surface area contributed by atoms with E-state index in [1.165, 1.54) is 19.4 Å². The molecule has 0 radical (unpaired) electrons. The van der Waals surface area contributed by atoms with Gasteiger partial charge >= 0.3 is 6.03 Å². The number of amides is 2. The molecule has 3 fully saturated rings. The largest absolute Gasteiger partial charge is 0.370 e. The molecular weight excluding hydrogens is 302 g/mol. The molecule has 1 saturated carbocycles. The molecule has 0 spiro atoms. The molecular formula is C19H27N3O2. The number of carbonyl (C=O) groups excluding carboxylic acids is 1. The Morgan fingerprint density at radius 1 is 1.12 bits per heavy atom. The Bertz CT molecular complexity index is 561. The van der Waals surface area contributed by atoms with Crippen LogP contribution in [0, 0.1) is 5.92 Å². The number of nitrogens with zero attached hydrogens (tertiary/aromatic N) is 2. The number of carbonyl (C=O) groups is 1. The molecule has 130 valence electrons. The molecule has 0 unspecified atom stereocenters. The van der Waals surface area contributed by atoms with Crippen LogP contribution < -0.4 is 5.32 Å². The summed E-state index contributed by atoms with van der Waals surface area (Å²) in [6, 6.07) is 10.5. The number of ether oxygens (including phenoxy) is 1. The van der Waals surface area contributed by atoms with Crippen molar-refractivity contribution in [1.82, 2.24) is 15.1 Å². The zero-order valence-electron chi connectivity index (χ0n) is 14.2. The molecule has 2 aliphatic heterocycles. The summed E-state index contributed by atoms with van der Waals surface area (Å²) in [4.78, 5) is 17.0. The molecule has 2 amide bonds. The van der Waals surface area contributed by atoms with Crippen LogP contribution in [-0.2, 0) is 4.74 Å². The highest BCUT2D eigenvalue weighted by Crippen LogP contribution is 2.30. The van der Waals surface area contributed by atoms with Gasteiger partial charge in [-0.25, -0.2) is 4.79 Å². The molecule has 0 bridgehead atoms. The zero-order chi connectivity index (χ0) is 16.4. The maximum Gasteiger partial charge on any atom is 0.317 e. The van der Waals surface area contributed by atoms with E-state index in [1.54, 1.807) is 0 Å². The van der Waals surface area contributed by atoms with Crippen LogP contribution in [0.15, 0.2) is 30.3 Å². The molecule has 3 aliphatic rings. The second kappa shape index (κ2) is 7.11. The van der Waals surface area contributed by atoms with Crippen LogP contribution in [0.4, 0.5) is 4.79 Å². The van der Waals surface area contributed by atoms with Crippen LogP contribution in [-0.4, -0.2) is 61.2 Å². The van der Waals surface area contributed by atoms with Crippen molar-refractivity contribution < 1.29 is 9.53 Å². The maximum atomic E-state index is 12.6. The Hall–Kier alpha value is -1.59. The van der Waals surface area contributed by atoms with Crippen molar-refractivity contribution in [1.29, 1.82) is 0 Å². The van der Waals surface area contributed by atoms with Crippen molar-refractivity contribution in [2.45, 2.75) is 31.4 Å². The van der Waals surface area contributed by atoms with E-state index in [9.17, 15) is 4.79 Å². The Labute approximate surface area is 144 Å². The number of nitrogens with one attached hydrogen (secondary N) is 1. The topological polar surface area (TPSA) is 44.8 Å². The van der Waals surface area contributed by atoms with Crippen LogP contribution in [0.5, 0.6) is 0 Å². The fraction of sp³-hybridized carbons (Fsp3) is 0.632. The van der Waals surface area contributed by atoms with E-state index in [0.717, 1.165) is 31.0 Å². The van der Waals surface area contributed by atoms with E-state index in [1.807, 2.05) is 23.1 Å². The first-order valence-corrected chi connectivity index (χ1v) is 9.22. The monoisotopic (exact) mass is 329 g/mol. The Morgan fingerprint density at radius 2 is 1.96 bits per heavy atom. The van der Waals surface area contributed by atoms with Gasteiger partial charge in [-0.2, -0.15) is 0 Å². The van der Waals surface area contributed by atoms with Crippen LogP contribution in [0.3, 0.4) is 0 Å². The summed E-state index contributed by atoms with van der Waals surface area (Å²) in [5.41, 5.74) is 1.14. The maximum absolute atomic E-state index is 12.6. The molecule has 1 aliphatic carbocycles. The van der Waals surface area contributed by atoms with E-state index in [2.05, 4.69) is 22.3 Å². The SMILES string of the molecule is O=C(N[C@@H]1CCN(CC2CC2)C1)N1CCO[C@H](c2ccccc2)C1. The van der Waals surface area contributed by atoms with Crippen molar-refractivity contribution in [3.05, 3.63) is 35.9 Å². The first kappa shape index (κ1) is 15.9. The summed E-state index contributed by atoms with van der Waals surface area (Å²) in [5.74, 6) is 0.922. The molecule has 5 nitrogen and oxygen atoms in total. The van der Waals surface area contributed by atoms with E-state index in [4.69, 9.17) is 4.74 Å². The summed E-state index contributed by atoms with van der Waals surface area (Å²) < 4.78 is 5.85. The summed E-state index contributed by atoms with van der Waals surface area (Å²) in [6.45, 7) is 5.26. The van der Waals surface area contributed by atoms with E-state index < -0.39 is 0 Å². The lowest BCUT2D eigenvalue weighted by molar-refractivity contribution is -0.0157. The fourth-order valence-electron chi connectivity index (χ4n) is 3.75. The highest BCUT2D eigenvalue weighted by atomic mass is 16.5. The van der Waals surface area contributed by atoms with Crippen molar-refractivity contribution in [2.75, 3.05) is 39.3 Å². The summed E-state index contributed by atoms with van der Waals surface area (Å²) in [7, 11) is 0. The average molecular weight is 329 g/mol. The smallest absolute Gasteiger partial charge is 0.317 e. The van der Waals surface area contributed by atoms with Crippen LogP contribution in [0.1, 0.15) is 30.9 Å². The molecule has 5 heteroatoms. The van der Waals surface area contributed by atoms with Gasteiger partial charge in [-0.1, -0.05) is 30.3 Å². The quantitative estimate of drug-likeness (QED) is 0.921. The average Bonchev–Trinajstić information content (AvgIpc) is 3.34.